The van der Waals surface area contributed by atoms with Crippen LogP contribution in [0.5, 0.6) is 0 Å². The van der Waals surface area contributed by atoms with Gasteiger partial charge in [-0.2, -0.15) is 0 Å². The maximum Gasteiger partial charge on any atom is 0.326 e. The highest BCUT2D eigenvalue weighted by Gasteiger charge is 2.26. The fourth-order valence-electron chi connectivity index (χ4n) is 2.89. The summed E-state index contributed by atoms with van der Waals surface area (Å²) < 4.78 is 0. The normalized spacial score (nSPS) is 16.0. The first-order chi connectivity index (χ1) is 14.0. The van der Waals surface area contributed by atoms with Crippen molar-refractivity contribution in [2.75, 3.05) is 0 Å². The number of amides is 1. The summed E-state index contributed by atoms with van der Waals surface area (Å²) in [6, 6.07) is -0.641. The summed E-state index contributed by atoms with van der Waals surface area (Å²) in [6.45, 7) is 2.23. The van der Waals surface area contributed by atoms with Crippen molar-refractivity contribution in [3.05, 3.63) is 24.3 Å². The number of carboxylic acid groups (broad SMARTS) is 2. The average molecular weight is 410 g/mol. The largest absolute Gasteiger partial charge is 0.481 e. The lowest BCUT2D eigenvalue weighted by Crippen LogP contribution is -2.32. The van der Waals surface area contributed by atoms with Crippen molar-refractivity contribution in [3.63, 3.8) is 0 Å². The zero-order valence-electron chi connectivity index (χ0n) is 17.9. The van der Waals surface area contributed by atoms with Crippen LogP contribution in [0.4, 0.5) is 0 Å². The lowest BCUT2D eigenvalue weighted by molar-refractivity contribution is -0.140. The Balaban J connectivity index is 0.000000717. The summed E-state index contributed by atoms with van der Waals surface area (Å²) >= 11 is 0. The quantitative estimate of drug-likeness (QED) is 0.254. The number of hydrogen-bond acceptors (Lipinski definition) is 3. The second-order valence-corrected chi connectivity index (χ2v) is 7.37. The van der Waals surface area contributed by atoms with Crippen LogP contribution in [0.2, 0.25) is 0 Å². The molecule has 0 aliphatic carbocycles. The molecule has 1 saturated heterocycles. The summed E-state index contributed by atoms with van der Waals surface area (Å²) in [5, 5.41) is 19.1. The summed E-state index contributed by atoms with van der Waals surface area (Å²) in [7, 11) is 0. The van der Waals surface area contributed by atoms with Gasteiger partial charge < -0.3 is 15.5 Å². The molecule has 0 aromatic heterocycles. The molecule has 0 aromatic carbocycles. The van der Waals surface area contributed by atoms with E-state index >= 15 is 0 Å². The van der Waals surface area contributed by atoms with Crippen LogP contribution in [0.1, 0.15) is 96.8 Å². The molecule has 6 nitrogen and oxygen atoms in total. The van der Waals surface area contributed by atoms with Gasteiger partial charge in [0.2, 0.25) is 5.91 Å². The van der Waals surface area contributed by atoms with Crippen LogP contribution >= 0.6 is 0 Å². The number of aliphatic carboxylic acids is 2. The van der Waals surface area contributed by atoms with Gasteiger partial charge in [-0.1, -0.05) is 63.3 Å². The standard InChI is InChI=1S/C18H32O2.C5H7NO3/c1-2-3-4-5-6-7-8-9-10-11-12-13-14-15-16-17-18(19)20;7-4-2-1-3(6-4)5(8)9/h6-7,9-10H,2-5,8,11-17H2,1H3,(H,19,20);3H,1-2H2,(H,6,7)(H,8,9)/b7-6-,10-9-;/t;3-/m.0/s1. The maximum absolute atomic E-state index is 10.4. The van der Waals surface area contributed by atoms with E-state index in [0.717, 1.165) is 25.7 Å². The van der Waals surface area contributed by atoms with Crippen molar-refractivity contribution >= 4 is 17.8 Å². The van der Waals surface area contributed by atoms with E-state index in [1.807, 2.05) is 0 Å². The SMILES string of the molecule is CCCCC/C=C\C/C=C\CCCCCCCC(=O)O.O=C1CC[C@@H](C(=O)O)N1. The predicted molar refractivity (Wildman–Crippen MR) is 116 cm³/mol. The second-order valence-electron chi connectivity index (χ2n) is 7.37. The summed E-state index contributed by atoms with van der Waals surface area (Å²) in [6.07, 6.45) is 23.1. The van der Waals surface area contributed by atoms with E-state index in [0.29, 0.717) is 19.3 Å². The minimum absolute atomic E-state index is 0.164. The van der Waals surface area contributed by atoms with E-state index in [-0.39, 0.29) is 5.91 Å². The van der Waals surface area contributed by atoms with Gasteiger partial charge in [0, 0.05) is 12.8 Å². The Hall–Kier alpha value is -2.11. The minimum Gasteiger partial charge on any atom is -0.481 e. The van der Waals surface area contributed by atoms with Gasteiger partial charge in [0.25, 0.3) is 0 Å². The van der Waals surface area contributed by atoms with Crippen molar-refractivity contribution in [2.24, 2.45) is 0 Å². The van der Waals surface area contributed by atoms with Crippen LogP contribution in [-0.2, 0) is 14.4 Å². The summed E-state index contributed by atoms with van der Waals surface area (Å²) in [5.74, 6) is -1.78. The number of carboxylic acids is 2. The number of unbranched alkanes of at least 4 members (excludes halogenated alkanes) is 8. The van der Waals surface area contributed by atoms with E-state index in [1.165, 1.54) is 44.9 Å². The monoisotopic (exact) mass is 409 g/mol. The molecule has 0 bridgehead atoms. The first kappa shape index (κ1) is 26.9. The number of allylic oxidation sites excluding steroid dienone is 4. The lowest BCUT2D eigenvalue weighted by atomic mass is 10.1. The van der Waals surface area contributed by atoms with Crippen molar-refractivity contribution in [3.8, 4) is 0 Å². The van der Waals surface area contributed by atoms with Gasteiger partial charge in [0.1, 0.15) is 6.04 Å². The Kier molecular flexibility index (Phi) is 17.8. The fourth-order valence-corrected chi connectivity index (χ4v) is 2.89. The molecule has 1 atom stereocenters. The minimum atomic E-state index is -0.944. The van der Waals surface area contributed by atoms with Gasteiger partial charge >= 0.3 is 11.9 Å². The van der Waals surface area contributed by atoms with Crippen LogP contribution in [-0.4, -0.2) is 34.1 Å². The van der Waals surface area contributed by atoms with Gasteiger partial charge in [-0.25, -0.2) is 4.79 Å². The van der Waals surface area contributed by atoms with Crippen LogP contribution in [0.3, 0.4) is 0 Å². The van der Waals surface area contributed by atoms with E-state index in [1.54, 1.807) is 0 Å². The number of rotatable bonds is 15. The van der Waals surface area contributed by atoms with E-state index in [2.05, 4.69) is 36.5 Å². The Labute approximate surface area is 175 Å². The molecule has 0 unspecified atom stereocenters. The molecule has 1 amide bonds. The molecule has 166 valence electrons. The van der Waals surface area contributed by atoms with Crippen LogP contribution in [0, 0.1) is 0 Å². The van der Waals surface area contributed by atoms with Gasteiger partial charge in [-0.3, -0.25) is 9.59 Å². The number of hydrogen-bond donors (Lipinski definition) is 3. The Morgan fingerprint density at radius 1 is 0.931 bits per heavy atom. The first-order valence-corrected chi connectivity index (χ1v) is 11.0. The molecule has 1 aliphatic heterocycles. The Morgan fingerprint density at radius 2 is 1.52 bits per heavy atom. The average Bonchev–Trinajstić information content (AvgIpc) is 3.12. The van der Waals surface area contributed by atoms with E-state index in [9.17, 15) is 14.4 Å². The van der Waals surface area contributed by atoms with Crippen molar-refractivity contribution in [1.82, 2.24) is 5.32 Å². The molecule has 1 fully saturated rings. The van der Waals surface area contributed by atoms with Crippen molar-refractivity contribution in [2.45, 2.75) is 103 Å². The Bertz CT molecular complexity index is 513. The number of nitrogens with one attached hydrogen (secondary N) is 1. The molecule has 0 spiro atoms. The molecule has 0 aromatic rings. The molecule has 0 saturated carbocycles. The van der Waals surface area contributed by atoms with Gasteiger partial charge in [-0.15, -0.1) is 0 Å². The summed E-state index contributed by atoms with van der Waals surface area (Å²) in [4.78, 5) is 30.8. The first-order valence-electron chi connectivity index (χ1n) is 11.0. The predicted octanol–water partition coefficient (Wildman–Crippen LogP) is 5.23. The van der Waals surface area contributed by atoms with Gasteiger partial charge in [0.05, 0.1) is 0 Å². The maximum atomic E-state index is 10.4. The zero-order chi connectivity index (χ0) is 21.7. The van der Waals surface area contributed by atoms with Gasteiger partial charge in [-0.05, 0) is 44.9 Å². The molecular weight excluding hydrogens is 370 g/mol. The third-order valence-electron chi connectivity index (χ3n) is 4.63. The second kappa shape index (κ2) is 19.2. The third-order valence-corrected chi connectivity index (χ3v) is 4.63. The molecule has 3 N–H and O–H groups in total. The molecule has 1 rings (SSSR count). The molecule has 6 heteroatoms. The number of carbonyl (C=O) groups excluding carboxylic acids is 1. The molecule has 1 heterocycles. The summed E-state index contributed by atoms with van der Waals surface area (Å²) in [5.41, 5.74) is 0. The molecular formula is C23H39NO5. The number of carbonyl (C=O) groups is 3. The van der Waals surface area contributed by atoms with Gasteiger partial charge in [0.15, 0.2) is 0 Å². The van der Waals surface area contributed by atoms with E-state index in [4.69, 9.17) is 10.2 Å². The Morgan fingerprint density at radius 3 is 2.00 bits per heavy atom. The van der Waals surface area contributed by atoms with Crippen molar-refractivity contribution in [1.29, 1.82) is 0 Å². The van der Waals surface area contributed by atoms with Crippen LogP contribution < -0.4 is 5.32 Å². The van der Waals surface area contributed by atoms with Crippen LogP contribution in [0.15, 0.2) is 24.3 Å². The van der Waals surface area contributed by atoms with Crippen LogP contribution in [0.25, 0.3) is 0 Å². The zero-order valence-corrected chi connectivity index (χ0v) is 17.9. The topological polar surface area (TPSA) is 104 Å². The van der Waals surface area contributed by atoms with Crippen molar-refractivity contribution < 1.29 is 24.6 Å². The highest BCUT2D eigenvalue weighted by atomic mass is 16.4. The molecule has 29 heavy (non-hydrogen) atoms. The third kappa shape index (κ3) is 19.0. The molecule has 0 radical (unpaired) electrons. The highest BCUT2D eigenvalue weighted by Crippen LogP contribution is 2.08. The highest BCUT2D eigenvalue weighted by molar-refractivity contribution is 5.87. The molecule has 1 aliphatic rings. The van der Waals surface area contributed by atoms with E-state index < -0.39 is 18.0 Å². The fraction of sp³-hybridized carbons (Fsp3) is 0.696. The lowest BCUT2D eigenvalue weighted by Gasteiger charge is -1.99. The smallest absolute Gasteiger partial charge is 0.326 e.